The highest BCUT2D eigenvalue weighted by Gasteiger charge is 2.53. The molecule has 5 fully saturated rings. The van der Waals surface area contributed by atoms with Crippen LogP contribution in [0, 0.1) is 37.5 Å². The maximum atomic E-state index is 13.0. The Bertz CT molecular complexity index is 657. The number of fused-ring (bicyclic) bond motifs is 5. The Kier molecular flexibility index (Phi) is 3.68. The van der Waals surface area contributed by atoms with Crippen molar-refractivity contribution in [2.45, 2.75) is 39.3 Å². The minimum atomic E-state index is 0.177. The molecule has 5 heterocycles. The number of nitrogens with one attached hydrogen (secondary N) is 1. The summed E-state index contributed by atoms with van der Waals surface area (Å²) in [6.07, 6.45) is 2.19. The molecule has 1 saturated carbocycles. The zero-order valence-corrected chi connectivity index (χ0v) is 15.2. The van der Waals surface area contributed by atoms with Crippen molar-refractivity contribution >= 4 is 5.91 Å². The van der Waals surface area contributed by atoms with Crippen LogP contribution in [0.4, 0.5) is 0 Å². The molecule has 5 atom stereocenters. The van der Waals surface area contributed by atoms with Gasteiger partial charge in [0, 0.05) is 31.2 Å². The van der Waals surface area contributed by atoms with Gasteiger partial charge >= 0.3 is 0 Å². The van der Waals surface area contributed by atoms with Crippen LogP contribution in [0.15, 0.2) is 4.52 Å². The van der Waals surface area contributed by atoms with Crippen molar-refractivity contribution < 1.29 is 9.32 Å². The van der Waals surface area contributed by atoms with Gasteiger partial charge < -0.3 is 19.6 Å². The number of aromatic nitrogens is 1. The smallest absolute Gasteiger partial charge is 0.227 e. The van der Waals surface area contributed by atoms with E-state index in [1.165, 1.54) is 19.6 Å². The predicted octanol–water partition coefficient (Wildman–Crippen LogP) is 1.18. The van der Waals surface area contributed by atoms with Crippen LogP contribution in [0.3, 0.4) is 0 Å². The third-order valence-electron chi connectivity index (χ3n) is 7.12. The van der Waals surface area contributed by atoms with E-state index in [-0.39, 0.29) is 5.92 Å². The first-order chi connectivity index (χ1) is 12.1. The van der Waals surface area contributed by atoms with Gasteiger partial charge in [-0.3, -0.25) is 4.79 Å². The molecule has 6 rings (SSSR count). The molecule has 25 heavy (non-hydrogen) atoms. The summed E-state index contributed by atoms with van der Waals surface area (Å²) in [5.74, 6) is 4.03. The highest BCUT2D eigenvalue weighted by Crippen LogP contribution is 2.49. The lowest BCUT2D eigenvalue weighted by Crippen LogP contribution is -2.47. The van der Waals surface area contributed by atoms with Crippen LogP contribution < -0.4 is 5.32 Å². The van der Waals surface area contributed by atoms with Crippen molar-refractivity contribution in [3.05, 3.63) is 17.0 Å². The summed E-state index contributed by atoms with van der Waals surface area (Å²) in [6, 6.07) is 0.344. The van der Waals surface area contributed by atoms with Crippen LogP contribution in [0.5, 0.6) is 0 Å². The van der Waals surface area contributed by atoms with Crippen molar-refractivity contribution in [2.75, 3.05) is 32.7 Å². The van der Waals surface area contributed by atoms with E-state index in [9.17, 15) is 4.79 Å². The summed E-state index contributed by atoms with van der Waals surface area (Å²) in [5.41, 5.74) is 2.01. The topological polar surface area (TPSA) is 61.6 Å². The van der Waals surface area contributed by atoms with Crippen LogP contribution in [0.1, 0.15) is 29.9 Å². The van der Waals surface area contributed by atoms with Crippen LogP contribution in [0.2, 0.25) is 0 Å². The number of hydrogen-bond acceptors (Lipinski definition) is 5. The maximum absolute atomic E-state index is 13.0. The summed E-state index contributed by atoms with van der Waals surface area (Å²) in [6.45, 7) is 10.2. The molecule has 0 radical (unpaired) electrons. The average Bonchev–Trinajstić information content (AvgIpc) is 2.94. The highest BCUT2D eigenvalue weighted by atomic mass is 16.5. The lowest BCUT2D eigenvalue weighted by molar-refractivity contribution is -0.140. The van der Waals surface area contributed by atoms with Gasteiger partial charge in [0.2, 0.25) is 5.91 Å². The van der Waals surface area contributed by atoms with Crippen molar-refractivity contribution in [3.8, 4) is 0 Å². The van der Waals surface area contributed by atoms with Gasteiger partial charge in [-0.2, -0.15) is 0 Å². The summed E-state index contributed by atoms with van der Waals surface area (Å²) in [5, 5.41) is 7.54. The molecule has 136 valence electrons. The quantitative estimate of drug-likeness (QED) is 0.889. The molecule has 1 aliphatic carbocycles. The minimum Gasteiger partial charge on any atom is -0.361 e. The Balaban J connectivity index is 1.30. The minimum absolute atomic E-state index is 0.177. The molecule has 4 saturated heterocycles. The van der Waals surface area contributed by atoms with Gasteiger partial charge in [-0.25, -0.2) is 0 Å². The molecule has 0 aromatic carbocycles. The summed E-state index contributed by atoms with van der Waals surface area (Å²) in [4.78, 5) is 17.8. The van der Waals surface area contributed by atoms with E-state index >= 15 is 0 Å². The third-order valence-corrected chi connectivity index (χ3v) is 7.12. The number of nitrogens with zero attached hydrogens (tertiary/aromatic N) is 3. The molecule has 1 unspecified atom stereocenters. The van der Waals surface area contributed by atoms with E-state index in [1.54, 1.807) is 0 Å². The van der Waals surface area contributed by atoms with E-state index in [1.807, 2.05) is 13.8 Å². The molecule has 1 aromatic heterocycles. The lowest BCUT2D eigenvalue weighted by Gasteiger charge is -2.36. The predicted molar refractivity (Wildman–Crippen MR) is 92.8 cm³/mol. The van der Waals surface area contributed by atoms with Crippen LogP contribution >= 0.6 is 0 Å². The molecular weight excluding hydrogens is 316 g/mol. The molecule has 1 N–H and O–H groups in total. The second-order valence-electron chi connectivity index (χ2n) is 8.57. The average molecular weight is 344 g/mol. The Morgan fingerprint density at radius 1 is 1.20 bits per heavy atom. The van der Waals surface area contributed by atoms with Gasteiger partial charge in [-0.1, -0.05) is 5.16 Å². The molecule has 0 spiro atoms. The molecular formula is C19H28N4O2. The van der Waals surface area contributed by atoms with Crippen molar-refractivity contribution in [3.63, 3.8) is 0 Å². The van der Waals surface area contributed by atoms with Crippen molar-refractivity contribution in [1.29, 1.82) is 0 Å². The van der Waals surface area contributed by atoms with E-state index in [4.69, 9.17) is 4.52 Å². The van der Waals surface area contributed by atoms with Gasteiger partial charge in [0.25, 0.3) is 0 Å². The SMILES string of the molecule is Cc1noc(C)c1CN1C(=O)[C@H]2CC[C@@H]1CN(CC1[C@H]3CNC[C@@H]13)C2. The number of amides is 1. The van der Waals surface area contributed by atoms with Crippen molar-refractivity contribution in [2.24, 2.45) is 23.7 Å². The number of rotatable bonds is 4. The first-order valence-electron chi connectivity index (χ1n) is 9.77. The highest BCUT2D eigenvalue weighted by molar-refractivity contribution is 5.80. The van der Waals surface area contributed by atoms with E-state index in [0.29, 0.717) is 18.5 Å². The van der Waals surface area contributed by atoms with Crippen molar-refractivity contribution in [1.82, 2.24) is 20.3 Å². The fourth-order valence-corrected chi connectivity index (χ4v) is 5.50. The van der Waals surface area contributed by atoms with Gasteiger partial charge in [-0.05, 0) is 57.5 Å². The molecule has 1 aromatic rings. The maximum Gasteiger partial charge on any atom is 0.227 e. The Hall–Kier alpha value is -1.40. The largest absolute Gasteiger partial charge is 0.361 e. The summed E-state index contributed by atoms with van der Waals surface area (Å²) in [7, 11) is 0. The van der Waals surface area contributed by atoms with E-state index in [0.717, 1.165) is 60.7 Å². The van der Waals surface area contributed by atoms with E-state index < -0.39 is 0 Å². The second-order valence-corrected chi connectivity index (χ2v) is 8.57. The summed E-state index contributed by atoms with van der Waals surface area (Å²) >= 11 is 0. The Morgan fingerprint density at radius 2 is 2.00 bits per heavy atom. The first kappa shape index (κ1) is 15.8. The molecule has 5 aliphatic rings. The first-order valence-corrected chi connectivity index (χ1v) is 9.77. The van der Waals surface area contributed by atoms with Gasteiger partial charge in [0.05, 0.1) is 18.2 Å². The molecule has 6 nitrogen and oxygen atoms in total. The lowest BCUT2D eigenvalue weighted by atomic mass is 9.93. The number of hydrogen-bond donors (Lipinski definition) is 1. The fourth-order valence-electron chi connectivity index (χ4n) is 5.50. The Morgan fingerprint density at radius 3 is 2.72 bits per heavy atom. The van der Waals surface area contributed by atoms with Crippen LogP contribution in [0.25, 0.3) is 0 Å². The molecule has 6 heteroatoms. The normalized spacial score (nSPS) is 37.4. The molecule has 1 amide bonds. The fraction of sp³-hybridized carbons (Fsp3) is 0.789. The standard InChI is InChI=1S/C19H28N4O2/c1-11-17(12(2)25-21-11)10-23-14-4-3-13(19(23)24)7-22(8-14)9-18-15-5-20-6-16(15)18/h13-16,18,20H,3-10H2,1-2H3/t13-,14+,15-,16+,18?/m0/s1. The Labute approximate surface area is 148 Å². The van der Waals surface area contributed by atoms with Gasteiger partial charge in [0.15, 0.2) is 0 Å². The van der Waals surface area contributed by atoms with Crippen LogP contribution in [-0.4, -0.2) is 59.6 Å². The van der Waals surface area contributed by atoms with Gasteiger partial charge in [0.1, 0.15) is 5.76 Å². The number of carbonyl (C=O) groups excluding carboxylic acids is 1. The number of aryl methyl sites for hydroxylation is 2. The summed E-state index contributed by atoms with van der Waals surface area (Å²) < 4.78 is 5.30. The number of piperidine rings is 2. The third kappa shape index (κ3) is 2.61. The van der Waals surface area contributed by atoms with Gasteiger partial charge in [-0.15, -0.1) is 0 Å². The molecule has 2 bridgehead atoms. The second kappa shape index (κ2) is 5.81. The zero-order chi connectivity index (χ0) is 17.1. The van der Waals surface area contributed by atoms with E-state index in [2.05, 4.69) is 20.3 Å². The molecule has 4 aliphatic heterocycles. The monoisotopic (exact) mass is 344 g/mol. The zero-order valence-electron chi connectivity index (χ0n) is 15.2. The van der Waals surface area contributed by atoms with Crippen LogP contribution in [-0.2, 0) is 11.3 Å². The number of carbonyl (C=O) groups is 1.